The molecule has 31 heavy (non-hydrogen) atoms. The van der Waals surface area contributed by atoms with Gasteiger partial charge in [-0.3, -0.25) is 19.8 Å². The van der Waals surface area contributed by atoms with Gasteiger partial charge in [0.2, 0.25) is 11.8 Å². The Morgan fingerprint density at radius 1 is 1.06 bits per heavy atom. The van der Waals surface area contributed by atoms with Gasteiger partial charge in [0, 0.05) is 10.7 Å². The number of nitrogens with zero attached hydrogens (tertiary/aromatic N) is 1. The molecule has 0 fully saturated rings. The number of carbonyl (C=O) groups excluding carboxylic acids is 3. The highest BCUT2D eigenvalue weighted by atomic mass is 35.5. The van der Waals surface area contributed by atoms with Crippen LogP contribution in [0.2, 0.25) is 5.02 Å². The second-order valence-electron chi connectivity index (χ2n) is 7.25. The molecule has 0 aliphatic rings. The van der Waals surface area contributed by atoms with Crippen LogP contribution in [0, 0.1) is 13.8 Å². The molecule has 0 bridgehead atoms. The standard InChI is InChI=1S/C22H27ClN4O4/c1-13-6-8-17(14(2)10-13)25-22(30)26-21(29)15(3)27(4)12-20(28)24-18-11-16(23)7-9-19(18)31-5/h6-11,15H,12H2,1-5H3,(H,24,28)(H2,25,26,29,30). The summed E-state index contributed by atoms with van der Waals surface area (Å²) in [6.45, 7) is 5.35. The van der Waals surface area contributed by atoms with Crippen LogP contribution in [0.3, 0.4) is 0 Å². The monoisotopic (exact) mass is 446 g/mol. The Morgan fingerprint density at radius 2 is 1.77 bits per heavy atom. The molecule has 2 aromatic carbocycles. The first kappa shape index (κ1) is 24.2. The maximum Gasteiger partial charge on any atom is 0.325 e. The third-order valence-corrected chi connectivity index (χ3v) is 4.97. The van der Waals surface area contributed by atoms with Crippen LogP contribution in [0.25, 0.3) is 0 Å². The third-order valence-electron chi connectivity index (χ3n) is 4.74. The normalized spacial score (nSPS) is 11.6. The average molecular weight is 447 g/mol. The fraction of sp³-hybridized carbons (Fsp3) is 0.318. The maximum atomic E-state index is 12.4. The van der Waals surface area contributed by atoms with E-state index in [1.165, 1.54) is 12.0 Å². The van der Waals surface area contributed by atoms with Gasteiger partial charge in [-0.25, -0.2) is 4.79 Å². The first-order valence-corrected chi connectivity index (χ1v) is 10.0. The molecule has 2 aromatic rings. The van der Waals surface area contributed by atoms with Gasteiger partial charge in [0.05, 0.1) is 25.4 Å². The second-order valence-corrected chi connectivity index (χ2v) is 7.68. The van der Waals surface area contributed by atoms with E-state index >= 15 is 0 Å². The lowest BCUT2D eigenvalue weighted by molar-refractivity contribution is -0.125. The summed E-state index contributed by atoms with van der Waals surface area (Å²) in [7, 11) is 3.10. The molecule has 0 aliphatic carbocycles. The molecule has 0 heterocycles. The number of halogens is 1. The first-order valence-electron chi connectivity index (χ1n) is 9.63. The lowest BCUT2D eigenvalue weighted by atomic mass is 10.1. The summed E-state index contributed by atoms with van der Waals surface area (Å²) >= 11 is 5.97. The number of nitrogens with one attached hydrogen (secondary N) is 3. The van der Waals surface area contributed by atoms with Crippen molar-refractivity contribution in [2.45, 2.75) is 26.8 Å². The number of methoxy groups -OCH3 is 1. The largest absolute Gasteiger partial charge is 0.495 e. The molecule has 1 unspecified atom stereocenters. The van der Waals surface area contributed by atoms with Crippen molar-refractivity contribution in [3.8, 4) is 5.75 Å². The number of carbonyl (C=O) groups is 3. The van der Waals surface area contributed by atoms with Crippen molar-refractivity contribution in [1.29, 1.82) is 0 Å². The maximum absolute atomic E-state index is 12.4. The summed E-state index contributed by atoms with van der Waals surface area (Å²) in [6.07, 6.45) is 0. The van der Waals surface area contributed by atoms with Gasteiger partial charge in [-0.05, 0) is 57.6 Å². The zero-order valence-electron chi connectivity index (χ0n) is 18.2. The second kappa shape index (κ2) is 10.8. The Hall–Kier alpha value is -3.10. The van der Waals surface area contributed by atoms with Crippen LogP contribution in [0.4, 0.5) is 16.2 Å². The summed E-state index contributed by atoms with van der Waals surface area (Å²) in [5, 5.41) is 8.12. The highest BCUT2D eigenvalue weighted by molar-refractivity contribution is 6.31. The average Bonchev–Trinajstić information content (AvgIpc) is 2.69. The fourth-order valence-electron chi connectivity index (χ4n) is 2.85. The molecule has 0 saturated carbocycles. The zero-order valence-corrected chi connectivity index (χ0v) is 19.0. The fourth-order valence-corrected chi connectivity index (χ4v) is 3.03. The predicted octanol–water partition coefficient (Wildman–Crippen LogP) is 3.57. The first-order chi connectivity index (χ1) is 14.6. The molecule has 9 heteroatoms. The Bertz CT molecular complexity index is 980. The molecule has 166 valence electrons. The minimum absolute atomic E-state index is 0.0804. The molecule has 0 radical (unpaired) electrons. The number of anilines is 2. The number of aryl methyl sites for hydroxylation is 2. The van der Waals surface area contributed by atoms with Crippen LogP contribution in [-0.2, 0) is 9.59 Å². The Morgan fingerprint density at radius 3 is 2.42 bits per heavy atom. The van der Waals surface area contributed by atoms with E-state index in [1.54, 1.807) is 38.2 Å². The van der Waals surface area contributed by atoms with Crippen molar-refractivity contribution in [2.24, 2.45) is 0 Å². The number of ether oxygens (including phenoxy) is 1. The van der Waals surface area contributed by atoms with Gasteiger partial charge in [-0.2, -0.15) is 0 Å². The van der Waals surface area contributed by atoms with E-state index in [0.717, 1.165) is 11.1 Å². The van der Waals surface area contributed by atoms with Crippen molar-refractivity contribution in [1.82, 2.24) is 10.2 Å². The van der Waals surface area contributed by atoms with Crippen LogP contribution >= 0.6 is 11.6 Å². The Kier molecular flexibility index (Phi) is 8.41. The molecular weight excluding hydrogens is 420 g/mol. The van der Waals surface area contributed by atoms with Gasteiger partial charge >= 0.3 is 6.03 Å². The van der Waals surface area contributed by atoms with Gasteiger partial charge in [0.15, 0.2) is 0 Å². The van der Waals surface area contributed by atoms with Gasteiger partial charge in [-0.1, -0.05) is 29.3 Å². The minimum Gasteiger partial charge on any atom is -0.495 e. The lowest BCUT2D eigenvalue weighted by Crippen LogP contribution is -2.48. The number of hydrogen-bond donors (Lipinski definition) is 3. The number of rotatable bonds is 7. The lowest BCUT2D eigenvalue weighted by Gasteiger charge is -2.23. The highest BCUT2D eigenvalue weighted by Gasteiger charge is 2.22. The van der Waals surface area contributed by atoms with E-state index < -0.39 is 18.0 Å². The summed E-state index contributed by atoms with van der Waals surface area (Å²) in [6, 6.07) is 9.09. The summed E-state index contributed by atoms with van der Waals surface area (Å²) in [5.74, 6) is -0.422. The number of imide groups is 1. The molecule has 2 rings (SSSR count). The van der Waals surface area contributed by atoms with Crippen molar-refractivity contribution >= 4 is 40.8 Å². The Balaban J connectivity index is 1.90. The van der Waals surface area contributed by atoms with Gasteiger partial charge in [0.1, 0.15) is 5.75 Å². The topological polar surface area (TPSA) is 99.8 Å². The number of benzene rings is 2. The van der Waals surface area contributed by atoms with E-state index in [-0.39, 0.29) is 12.5 Å². The summed E-state index contributed by atoms with van der Waals surface area (Å²) < 4.78 is 5.20. The van der Waals surface area contributed by atoms with Crippen LogP contribution in [-0.4, -0.2) is 49.5 Å². The van der Waals surface area contributed by atoms with Crippen molar-refractivity contribution < 1.29 is 19.1 Å². The van der Waals surface area contributed by atoms with Crippen LogP contribution in [0.1, 0.15) is 18.1 Å². The Labute approximate surface area is 186 Å². The number of urea groups is 1. The molecule has 0 aliphatic heterocycles. The van der Waals surface area contributed by atoms with Gasteiger partial charge < -0.3 is 15.4 Å². The van der Waals surface area contributed by atoms with Crippen molar-refractivity contribution in [3.05, 3.63) is 52.5 Å². The van der Waals surface area contributed by atoms with E-state index in [9.17, 15) is 14.4 Å². The molecule has 0 spiro atoms. The quantitative estimate of drug-likeness (QED) is 0.603. The predicted molar refractivity (Wildman–Crippen MR) is 122 cm³/mol. The van der Waals surface area contributed by atoms with Gasteiger partial charge in [-0.15, -0.1) is 0 Å². The SMILES string of the molecule is COc1ccc(Cl)cc1NC(=O)CN(C)C(C)C(=O)NC(=O)Nc1ccc(C)cc1C. The molecule has 3 N–H and O–H groups in total. The molecule has 0 saturated heterocycles. The van der Waals surface area contributed by atoms with Gasteiger partial charge in [0.25, 0.3) is 0 Å². The summed E-state index contributed by atoms with van der Waals surface area (Å²) in [5.41, 5.74) is 3.01. The molecule has 1 atom stereocenters. The molecule has 0 aromatic heterocycles. The molecule has 8 nitrogen and oxygen atoms in total. The molecular formula is C22H27ClN4O4. The van der Waals surface area contributed by atoms with E-state index in [4.69, 9.17) is 16.3 Å². The number of hydrogen-bond acceptors (Lipinski definition) is 5. The number of amides is 4. The van der Waals surface area contributed by atoms with Crippen LogP contribution in [0.5, 0.6) is 5.75 Å². The number of likely N-dealkylation sites (N-methyl/N-ethyl adjacent to an activating group) is 1. The third kappa shape index (κ3) is 6.97. The molecule has 4 amide bonds. The van der Waals surface area contributed by atoms with Crippen LogP contribution in [0.15, 0.2) is 36.4 Å². The smallest absolute Gasteiger partial charge is 0.325 e. The van der Waals surface area contributed by atoms with Crippen molar-refractivity contribution in [2.75, 3.05) is 31.3 Å². The van der Waals surface area contributed by atoms with Crippen LogP contribution < -0.4 is 20.7 Å². The van der Waals surface area contributed by atoms with E-state index in [0.29, 0.717) is 22.1 Å². The van der Waals surface area contributed by atoms with E-state index in [2.05, 4.69) is 16.0 Å². The van der Waals surface area contributed by atoms with E-state index in [1.807, 2.05) is 26.0 Å². The highest BCUT2D eigenvalue weighted by Crippen LogP contribution is 2.27. The minimum atomic E-state index is -0.725. The summed E-state index contributed by atoms with van der Waals surface area (Å²) in [4.78, 5) is 38.5. The zero-order chi connectivity index (χ0) is 23.1. The van der Waals surface area contributed by atoms with Crippen molar-refractivity contribution in [3.63, 3.8) is 0 Å².